The zero-order valence-corrected chi connectivity index (χ0v) is 22.9. The van der Waals surface area contributed by atoms with Crippen molar-refractivity contribution in [3.05, 3.63) is 119 Å². The maximum atomic E-state index is 15.7. The summed E-state index contributed by atoms with van der Waals surface area (Å²) >= 11 is 0. The molecule has 2 aromatic heterocycles. The molecule has 1 saturated heterocycles. The van der Waals surface area contributed by atoms with Crippen molar-refractivity contribution in [2.75, 3.05) is 20.8 Å². The molecule has 0 aliphatic carbocycles. The Morgan fingerprint density at radius 1 is 0.929 bits per heavy atom. The number of fused-ring (bicyclic) bond motifs is 1. The van der Waals surface area contributed by atoms with E-state index in [9.17, 15) is 9.90 Å². The van der Waals surface area contributed by atoms with Gasteiger partial charge in [-0.15, -0.1) is 0 Å². The highest BCUT2D eigenvalue weighted by molar-refractivity contribution is 5.68. The second kappa shape index (κ2) is 11.4. The number of nitrogens with zero attached hydrogens (tertiary/aromatic N) is 3. The molecule has 0 unspecified atom stereocenters. The lowest BCUT2D eigenvalue weighted by Gasteiger charge is -2.37. The van der Waals surface area contributed by atoms with Crippen LogP contribution in [0, 0.1) is 0 Å². The molecular formula is C31H29FN4O6. The van der Waals surface area contributed by atoms with Crippen LogP contribution in [0.5, 0.6) is 11.5 Å². The van der Waals surface area contributed by atoms with Crippen molar-refractivity contribution in [1.29, 1.82) is 0 Å². The summed E-state index contributed by atoms with van der Waals surface area (Å²) in [5, 5.41) is 10.9. The van der Waals surface area contributed by atoms with Crippen LogP contribution in [0.25, 0.3) is 11.2 Å². The molecule has 0 amide bonds. The monoisotopic (exact) mass is 572 g/mol. The maximum absolute atomic E-state index is 15.7. The fourth-order valence-corrected chi connectivity index (χ4v) is 5.40. The summed E-state index contributed by atoms with van der Waals surface area (Å²) in [4.78, 5) is 22.8. The van der Waals surface area contributed by atoms with Crippen molar-refractivity contribution in [1.82, 2.24) is 19.5 Å². The van der Waals surface area contributed by atoms with Crippen LogP contribution in [-0.2, 0) is 15.1 Å². The van der Waals surface area contributed by atoms with E-state index < -0.39 is 35.8 Å². The van der Waals surface area contributed by atoms with Gasteiger partial charge in [-0.25, -0.2) is 14.4 Å². The highest BCUT2D eigenvalue weighted by Gasteiger charge is 2.48. The van der Waals surface area contributed by atoms with Crippen molar-refractivity contribution in [2.24, 2.45) is 0 Å². The van der Waals surface area contributed by atoms with E-state index in [1.165, 1.54) is 17.2 Å². The van der Waals surface area contributed by atoms with E-state index in [1.807, 2.05) is 78.9 Å². The molecule has 3 heterocycles. The van der Waals surface area contributed by atoms with Gasteiger partial charge in [-0.1, -0.05) is 54.6 Å². The molecular weight excluding hydrogens is 543 g/mol. The lowest BCUT2D eigenvalue weighted by Crippen LogP contribution is -2.38. The number of aliphatic hydroxyl groups is 1. The van der Waals surface area contributed by atoms with Crippen LogP contribution in [0.2, 0.25) is 0 Å². The molecule has 0 radical (unpaired) electrons. The zero-order chi connectivity index (χ0) is 29.3. The van der Waals surface area contributed by atoms with Crippen molar-refractivity contribution < 1.29 is 28.4 Å². The van der Waals surface area contributed by atoms with Crippen LogP contribution in [-0.4, -0.2) is 63.8 Å². The first-order valence-corrected chi connectivity index (χ1v) is 13.3. The molecule has 11 heteroatoms. The van der Waals surface area contributed by atoms with Crippen LogP contribution >= 0.6 is 0 Å². The average Bonchev–Trinajstić information content (AvgIpc) is 3.59. The van der Waals surface area contributed by atoms with Crippen LogP contribution in [0.3, 0.4) is 0 Å². The minimum Gasteiger partial charge on any atom is -0.497 e. The fourth-order valence-electron chi connectivity index (χ4n) is 5.40. The Balaban J connectivity index is 1.39. The van der Waals surface area contributed by atoms with Gasteiger partial charge in [-0.05, 0) is 41.0 Å². The SMILES string of the molecule is COc1ccc(C(OC[C@H]2O[C@@H](n3cnc4c(=O)[nH]cnc43)[C@H](O)[C@@H]2F)(c2ccccc2)c2ccc(OC)cc2)cc1. The number of methoxy groups -OCH3 is 2. The van der Waals surface area contributed by atoms with Crippen molar-refractivity contribution in [3.63, 3.8) is 0 Å². The molecule has 6 rings (SSSR count). The molecule has 0 bridgehead atoms. The standard InChI is InChI=1S/C31H29FN4O6/c1-39-22-12-8-20(9-13-22)31(19-6-4-3-5-7-19,21-10-14-23(40-2)15-11-21)41-16-24-25(32)27(37)30(42-24)36-18-35-26-28(36)33-17-34-29(26)38/h3-15,17-18,24-25,27,30,37H,16H2,1-2H3,(H,33,34,38)/t24-,25-,27-,30-/m1/s1. The van der Waals surface area contributed by atoms with Crippen LogP contribution < -0.4 is 15.0 Å². The third-order valence-electron chi connectivity index (χ3n) is 7.56. The number of rotatable bonds is 9. The van der Waals surface area contributed by atoms with Crippen molar-refractivity contribution in [3.8, 4) is 11.5 Å². The minimum absolute atomic E-state index is 0.0607. The van der Waals surface area contributed by atoms with Gasteiger partial charge in [0.05, 0.1) is 33.5 Å². The lowest BCUT2D eigenvalue weighted by molar-refractivity contribution is -0.0894. The van der Waals surface area contributed by atoms with Gasteiger partial charge >= 0.3 is 0 Å². The molecule has 1 aliphatic rings. The molecule has 1 fully saturated rings. The number of aliphatic hydroxyl groups excluding tert-OH is 1. The fraction of sp³-hybridized carbons (Fsp3) is 0.258. The van der Waals surface area contributed by atoms with Gasteiger partial charge in [0.15, 0.2) is 23.6 Å². The predicted molar refractivity (Wildman–Crippen MR) is 151 cm³/mol. The van der Waals surface area contributed by atoms with Gasteiger partial charge < -0.3 is 29.0 Å². The second-order valence-corrected chi connectivity index (χ2v) is 9.87. The number of imidazole rings is 1. The van der Waals surface area contributed by atoms with Gasteiger partial charge in [0.1, 0.15) is 29.3 Å². The number of H-pyrrole nitrogens is 1. The van der Waals surface area contributed by atoms with Gasteiger partial charge in [0, 0.05) is 0 Å². The van der Waals surface area contributed by atoms with Crippen molar-refractivity contribution >= 4 is 11.2 Å². The Hall–Kier alpha value is -4.58. The first-order valence-electron chi connectivity index (χ1n) is 13.3. The highest BCUT2D eigenvalue weighted by atomic mass is 19.1. The summed E-state index contributed by atoms with van der Waals surface area (Å²) in [6.45, 7) is -0.220. The molecule has 216 valence electrons. The Morgan fingerprint density at radius 2 is 1.52 bits per heavy atom. The van der Waals surface area contributed by atoms with Gasteiger partial charge in [0.25, 0.3) is 5.56 Å². The van der Waals surface area contributed by atoms with Gasteiger partial charge in [-0.2, -0.15) is 0 Å². The van der Waals surface area contributed by atoms with Crippen LogP contribution in [0.4, 0.5) is 4.39 Å². The van der Waals surface area contributed by atoms with Crippen LogP contribution in [0.1, 0.15) is 22.9 Å². The number of ether oxygens (including phenoxy) is 4. The molecule has 0 saturated carbocycles. The molecule has 4 atom stereocenters. The van der Waals surface area contributed by atoms with E-state index in [0.29, 0.717) is 11.5 Å². The number of aromatic amines is 1. The summed E-state index contributed by atoms with van der Waals surface area (Å²) in [6, 6.07) is 24.5. The van der Waals surface area contributed by atoms with Crippen LogP contribution in [0.15, 0.2) is 96.3 Å². The van der Waals surface area contributed by atoms with E-state index in [4.69, 9.17) is 18.9 Å². The lowest BCUT2D eigenvalue weighted by atomic mass is 9.80. The number of halogens is 1. The number of nitrogens with one attached hydrogen (secondary N) is 1. The molecule has 2 N–H and O–H groups in total. The Bertz CT molecular complexity index is 1660. The number of benzene rings is 3. The minimum atomic E-state index is -1.80. The second-order valence-electron chi connectivity index (χ2n) is 9.87. The summed E-state index contributed by atoms with van der Waals surface area (Å²) in [7, 11) is 3.18. The summed E-state index contributed by atoms with van der Waals surface area (Å²) in [5.41, 5.74) is 0.938. The Kier molecular flexibility index (Phi) is 7.46. The Morgan fingerprint density at radius 3 is 2.12 bits per heavy atom. The largest absolute Gasteiger partial charge is 0.497 e. The number of hydrogen-bond donors (Lipinski definition) is 2. The maximum Gasteiger partial charge on any atom is 0.278 e. The molecule has 0 spiro atoms. The predicted octanol–water partition coefficient (Wildman–Crippen LogP) is 3.74. The van der Waals surface area contributed by atoms with Gasteiger partial charge in [-0.3, -0.25) is 9.36 Å². The van der Waals surface area contributed by atoms with E-state index in [-0.39, 0.29) is 17.8 Å². The topological polar surface area (TPSA) is 121 Å². The number of hydrogen-bond acceptors (Lipinski definition) is 8. The van der Waals surface area contributed by atoms with E-state index in [2.05, 4.69) is 15.0 Å². The summed E-state index contributed by atoms with van der Waals surface area (Å²) < 4.78 is 40.6. The highest BCUT2D eigenvalue weighted by Crippen LogP contribution is 2.43. The van der Waals surface area contributed by atoms with E-state index >= 15 is 4.39 Å². The van der Waals surface area contributed by atoms with E-state index in [1.54, 1.807) is 14.2 Å². The molecule has 10 nitrogen and oxygen atoms in total. The number of alkyl halides is 1. The molecule has 5 aromatic rings. The molecule has 1 aliphatic heterocycles. The van der Waals surface area contributed by atoms with E-state index in [0.717, 1.165) is 16.7 Å². The number of aromatic nitrogens is 4. The van der Waals surface area contributed by atoms with Gasteiger partial charge in [0.2, 0.25) is 0 Å². The third-order valence-corrected chi connectivity index (χ3v) is 7.56. The molecule has 42 heavy (non-hydrogen) atoms. The molecule has 3 aromatic carbocycles. The third kappa shape index (κ3) is 4.71. The first-order chi connectivity index (χ1) is 20.5. The smallest absolute Gasteiger partial charge is 0.278 e. The first kappa shape index (κ1) is 27.6. The zero-order valence-electron chi connectivity index (χ0n) is 22.9. The average molecular weight is 573 g/mol. The normalized spacial score (nSPS) is 20.6. The summed E-state index contributed by atoms with van der Waals surface area (Å²) in [5.74, 6) is 1.34. The summed E-state index contributed by atoms with van der Waals surface area (Å²) in [6.07, 6.45) is -3.14. The van der Waals surface area contributed by atoms with Crippen molar-refractivity contribution in [2.45, 2.75) is 30.2 Å². The quantitative estimate of drug-likeness (QED) is 0.256. The Labute approximate surface area is 240 Å².